The van der Waals surface area contributed by atoms with Crippen molar-refractivity contribution in [1.29, 1.82) is 0 Å². The fourth-order valence-corrected chi connectivity index (χ4v) is 2.10. The summed E-state index contributed by atoms with van der Waals surface area (Å²) < 4.78 is 5.80. The molecular weight excluding hydrogens is 184 g/mol. The molecule has 1 aromatic heterocycles. The second-order valence-corrected chi connectivity index (χ2v) is 4.42. The van der Waals surface area contributed by atoms with E-state index in [1.54, 1.807) is 11.3 Å². The maximum Gasteiger partial charge on any atom is 0.120 e. The zero-order valence-corrected chi connectivity index (χ0v) is 8.73. The van der Waals surface area contributed by atoms with Crippen LogP contribution in [0.25, 0.3) is 0 Å². The van der Waals surface area contributed by atoms with Crippen LogP contribution in [0.15, 0.2) is 10.9 Å². The van der Waals surface area contributed by atoms with Crippen molar-refractivity contribution < 1.29 is 4.74 Å². The molecular formula is C9H14N2OS. The van der Waals surface area contributed by atoms with Gasteiger partial charge in [0.2, 0.25) is 0 Å². The molecule has 0 amide bonds. The summed E-state index contributed by atoms with van der Waals surface area (Å²) in [6, 6.07) is 0.451. The van der Waals surface area contributed by atoms with Gasteiger partial charge in [-0.05, 0) is 13.8 Å². The third-order valence-electron chi connectivity index (χ3n) is 2.41. The summed E-state index contributed by atoms with van der Waals surface area (Å²) in [6.45, 7) is 5.81. The third kappa shape index (κ3) is 1.75. The van der Waals surface area contributed by atoms with Crippen LogP contribution >= 0.6 is 11.3 Å². The lowest BCUT2D eigenvalue weighted by molar-refractivity contribution is -0.0751. The number of ether oxygens (including phenoxy) is 1. The van der Waals surface area contributed by atoms with Crippen LogP contribution in [-0.2, 0) is 10.3 Å². The average molecular weight is 198 g/mol. The highest BCUT2D eigenvalue weighted by Crippen LogP contribution is 2.26. The van der Waals surface area contributed by atoms with Gasteiger partial charge in [-0.3, -0.25) is 0 Å². The lowest BCUT2D eigenvalue weighted by atomic mass is 10.0. The van der Waals surface area contributed by atoms with E-state index in [9.17, 15) is 0 Å². The van der Waals surface area contributed by atoms with Crippen molar-refractivity contribution in [2.45, 2.75) is 25.5 Å². The van der Waals surface area contributed by atoms with Gasteiger partial charge in [0.05, 0.1) is 17.8 Å². The quantitative estimate of drug-likeness (QED) is 0.740. The Morgan fingerprint density at radius 2 is 2.62 bits per heavy atom. The zero-order chi connectivity index (χ0) is 9.31. The molecule has 1 saturated heterocycles. The van der Waals surface area contributed by atoms with Crippen LogP contribution in [0.3, 0.4) is 0 Å². The molecule has 1 aromatic rings. The summed E-state index contributed by atoms with van der Waals surface area (Å²) >= 11 is 1.61. The number of hydrogen-bond acceptors (Lipinski definition) is 4. The van der Waals surface area contributed by atoms with Crippen molar-refractivity contribution in [1.82, 2.24) is 10.3 Å². The van der Waals surface area contributed by atoms with E-state index in [-0.39, 0.29) is 5.60 Å². The van der Waals surface area contributed by atoms with Gasteiger partial charge >= 0.3 is 0 Å². The highest BCUT2D eigenvalue weighted by atomic mass is 32.1. The summed E-state index contributed by atoms with van der Waals surface area (Å²) in [5.41, 5.74) is 2.66. The van der Waals surface area contributed by atoms with Gasteiger partial charge in [-0.2, -0.15) is 0 Å². The topological polar surface area (TPSA) is 34.1 Å². The molecule has 0 aromatic carbocycles. The van der Waals surface area contributed by atoms with Crippen LogP contribution < -0.4 is 5.32 Å². The molecule has 2 rings (SSSR count). The zero-order valence-electron chi connectivity index (χ0n) is 7.91. The first-order chi connectivity index (χ1) is 6.21. The fourth-order valence-electron chi connectivity index (χ4n) is 1.43. The molecule has 0 aliphatic carbocycles. The van der Waals surface area contributed by atoms with E-state index in [4.69, 9.17) is 4.74 Å². The summed E-state index contributed by atoms with van der Waals surface area (Å²) in [5, 5.41) is 5.45. The van der Waals surface area contributed by atoms with Crippen molar-refractivity contribution in [3.8, 4) is 0 Å². The molecule has 2 unspecified atom stereocenters. The summed E-state index contributed by atoms with van der Waals surface area (Å²) in [4.78, 5) is 4.29. The number of morpholine rings is 1. The Labute approximate surface area is 82.1 Å². The first-order valence-corrected chi connectivity index (χ1v) is 5.41. The maximum atomic E-state index is 5.80. The smallest absolute Gasteiger partial charge is 0.120 e. The van der Waals surface area contributed by atoms with Crippen molar-refractivity contribution in [2.24, 2.45) is 0 Å². The first-order valence-electron chi connectivity index (χ1n) is 4.47. The van der Waals surface area contributed by atoms with Gasteiger partial charge in [0, 0.05) is 18.0 Å². The molecule has 0 radical (unpaired) electrons. The Kier molecular flexibility index (Phi) is 2.36. The van der Waals surface area contributed by atoms with E-state index in [1.165, 1.54) is 0 Å². The molecule has 72 valence electrons. The molecule has 1 aliphatic rings. The monoisotopic (exact) mass is 198 g/mol. The molecule has 1 N–H and O–H groups in total. The Bertz CT molecular complexity index is 265. The minimum absolute atomic E-state index is 0.230. The van der Waals surface area contributed by atoms with Crippen LogP contribution in [0.4, 0.5) is 0 Å². The van der Waals surface area contributed by atoms with E-state index in [0.29, 0.717) is 6.04 Å². The molecule has 1 fully saturated rings. The highest BCUT2D eigenvalue weighted by Gasteiger charge is 2.33. The molecule has 0 spiro atoms. The third-order valence-corrected chi connectivity index (χ3v) is 3.00. The largest absolute Gasteiger partial charge is 0.366 e. The number of nitrogens with zero attached hydrogens (tertiary/aromatic N) is 1. The van der Waals surface area contributed by atoms with Gasteiger partial charge in [-0.25, -0.2) is 4.98 Å². The Morgan fingerprint density at radius 3 is 3.15 bits per heavy atom. The lowest BCUT2D eigenvalue weighted by Gasteiger charge is -2.36. The van der Waals surface area contributed by atoms with Crippen LogP contribution in [0.2, 0.25) is 0 Å². The van der Waals surface area contributed by atoms with Gasteiger partial charge in [0.1, 0.15) is 5.60 Å². The van der Waals surface area contributed by atoms with Gasteiger partial charge in [-0.15, -0.1) is 11.3 Å². The van der Waals surface area contributed by atoms with Gasteiger partial charge in [0.25, 0.3) is 0 Å². The standard InChI is InChI=1S/C9H14N2OS/c1-7-3-12-9(2,5-10-7)8-4-13-6-11-8/h4,6-7,10H,3,5H2,1-2H3. The predicted octanol–water partition coefficient (Wildman–Crippen LogP) is 1.37. The van der Waals surface area contributed by atoms with E-state index >= 15 is 0 Å². The van der Waals surface area contributed by atoms with Gasteiger partial charge < -0.3 is 10.1 Å². The van der Waals surface area contributed by atoms with Crippen LogP contribution in [0, 0.1) is 0 Å². The van der Waals surface area contributed by atoms with E-state index in [2.05, 4.69) is 29.5 Å². The molecule has 4 heteroatoms. The number of thiazole rings is 1. The molecule has 0 saturated carbocycles. The van der Waals surface area contributed by atoms with Crippen LogP contribution in [-0.4, -0.2) is 24.2 Å². The Hall–Kier alpha value is -0.450. The van der Waals surface area contributed by atoms with E-state index in [1.807, 2.05) is 5.51 Å². The predicted molar refractivity (Wildman–Crippen MR) is 52.9 cm³/mol. The Morgan fingerprint density at radius 1 is 1.77 bits per heavy atom. The van der Waals surface area contributed by atoms with Gasteiger partial charge in [-0.1, -0.05) is 0 Å². The summed E-state index contributed by atoms with van der Waals surface area (Å²) in [6.07, 6.45) is 0. The average Bonchev–Trinajstić information content (AvgIpc) is 2.63. The minimum atomic E-state index is -0.230. The van der Waals surface area contributed by atoms with Crippen LogP contribution in [0.1, 0.15) is 19.5 Å². The molecule has 1 aliphatic heterocycles. The van der Waals surface area contributed by atoms with E-state index in [0.717, 1.165) is 18.8 Å². The van der Waals surface area contributed by atoms with Crippen molar-refractivity contribution in [3.05, 3.63) is 16.6 Å². The first kappa shape index (κ1) is 9.12. The van der Waals surface area contributed by atoms with E-state index < -0.39 is 0 Å². The number of hydrogen-bond donors (Lipinski definition) is 1. The van der Waals surface area contributed by atoms with Crippen molar-refractivity contribution >= 4 is 11.3 Å². The number of aromatic nitrogens is 1. The second kappa shape index (κ2) is 3.36. The van der Waals surface area contributed by atoms with Gasteiger partial charge in [0.15, 0.2) is 0 Å². The number of rotatable bonds is 1. The summed E-state index contributed by atoms with van der Waals surface area (Å²) in [5.74, 6) is 0. The minimum Gasteiger partial charge on any atom is -0.366 e. The molecule has 2 atom stereocenters. The van der Waals surface area contributed by atoms with Crippen molar-refractivity contribution in [3.63, 3.8) is 0 Å². The highest BCUT2D eigenvalue weighted by molar-refractivity contribution is 7.07. The molecule has 0 bridgehead atoms. The van der Waals surface area contributed by atoms with Crippen LogP contribution in [0.5, 0.6) is 0 Å². The molecule has 3 nitrogen and oxygen atoms in total. The lowest BCUT2D eigenvalue weighted by Crippen LogP contribution is -2.50. The fraction of sp³-hybridized carbons (Fsp3) is 0.667. The second-order valence-electron chi connectivity index (χ2n) is 3.70. The molecule has 2 heterocycles. The summed E-state index contributed by atoms with van der Waals surface area (Å²) in [7, 11) is 0. The SMILES string of the molecule is CC1COC(C)(c2cscn2)CN1. The Balaban J connectivity index is 2.13. The molecule has 13 heavy (non-hydrogen) atoms. The van der Waals surface area contributed by atoms with Crippen molar-refractivity contribution in [2.75, 3.05) is 13.2 Å². The normalized spacial score (nSPS) is 34.8. The maximum absolute atomic E-state index is 5.80. The number of nitrogens with one attached hydrogen (secondary N) is 1.